The van der Waals surface area contributed by atoms with E-state index in [4.69, 9.17) is 4.74 Å². The molecule has 4 rings (SSSR count). The molecule has 3 aromatic rings. The van der Waals surface area contributed by atoms with Gasteiger partial charge < -0.3 is 9.64 Å². The van der Waals surface area contributed by atoms with Crippen LogP contribution in [0.2, 0.25) is 0 Å². The molecule has 0 saturated carbocycles. The van der Waals surface area contributed by atoms with Crippen molar-refractivity contribution >= 4 is 11.6 Å². The number of rotatable bonds is 3. The highest BCUT2D eigenvalue weighted by atomic mass is 16.5. The zero-order chi connectivity index (χ0) is 20.6. The van der Waals surface area contributed by atoms with Gasteiger partial charge in [0.25, 0.3) is 5.91 Å². The van der Waals surface area contributed by atoms with Gasteiger partial charge in [-0.2, -0.15) is 0 Å². The molecule has 3 aromatic carbocycles. The fourth-order valence-electron chi connectivity index (χ4n) is 4.89. The van der Waals surface area contributed by atoms with Crippen LogP contribution in [0.4, 0.5) is 5.69 Å². The molecule has 1 amide bonds. The number of amides is 1. The minimum atomic E-state index is -0.378. The summed E-state index contributed by atoms with van der Waals surface area (Å²) in [5, 5.41) is 0. The zero-order valence-electron chi connectivity index (χ0n) is 17.5. The lowest BCUT2D eigenvalue weighted by Gasteiger charge is -2.51. The summed E-state index contributed by atoms with van der Waals surface area (Å²) in [6.07, 6.45) is 0.821. The average Bonchev–Trinajstić information content (AvgIpc) is 2.73. The van der Waals surface area contributed by atoms with Crippen molar-refractivity contribution < 1.29 is 9.53 Å². The molecule has 0 spiro atoms. The highest BCUT2D eigenvalue weighted by Gasteiger charge is 2.48. The number of anilines is 1. The molecule has 0 fully saturated rings. The molecule has 0 aromatic heterocycles. The Morgan fingerprint density at radius 1 is 0.862 bits per heavy atom. The molecule has 0 N–H and O–H groups in total. The maximum Gasteiger partial charge on any atom is 0.262 e. The first-order chi connectivity index (χ1) is 13.9. The molecule has 1 aliphatic rings. The van der Waals surface area contributed by atoms with Crippen LogP contribution < -0.4 is 9.64 Å². The van der Waals surface area contributed by atoms with Gasteiger partial charge in [-0.05, 0) is 49.6 Å². The second-order valence-corrected chi connectivity index (χ2v) is 8.55. The van der Waals surface area contributed by atoms with Crippen LogP contribution in [0, 0.1) is 0 Å². The Labute approximate surface area is 172 Å². The second kappa shape index (κ2) is 7.07. The van der Waals surface area contributed by atoms with Gasteiger partial charge in [-0.25, -0.2) is 0 Å². The van der Waals surface area contributed by atoms with Crippen molar-refractivity contribution in [2.45, 2.75) is 38.1 Å². The van der Waals surface area contributed by atoms with Crippen molar-refractivity contribution in [3.63, 3.8) is 0 Å². The molecule has 0 aliphatic carbocycles. The quantitative estimate of drug-likeness (QED) is 0.568. The maximum atomic E-state index is 13.8. The van der Waals surface area contributed by atoms with Gasteiger partial charge >= 0.3 is 0 Å². The van der Waals surface area contributed by atoms with E-state index >= 15 is 0 Å². The number of carbonyl (C=O) groups excluding carboxylic acids is 1. The molecular weight excluding hydrogens is 358 g/mol. The van der Waals surface area contributed by atoms with E-state index in [1.807, 2.05) is 41.3 Å². The molecule has 1 heterocycles. The van der Waals surface area contributed by atoms with Crippen LogP contribution in [0.1, 0.15) is 48.7 Å². The summed E-state index contributed by atoms with van der Waals surface area (Å²) in [6, 6.07) is 26.3. The lowest BCUT2D eigenvalue weighted by molar-refractivity contribution is 0.0946. The number of ether oxygens (including phenoxy) is 1. The summed E-state index contributed by atoms with van der Waals surface area (Å²) in [4.78, 5) is 15.7. The maximum absolute atomic E-state index is 13.8. The fourth-order valence-corrected chi connectivity index (χ4v) is 4.89. The van der Waals surface area contributed by atoms with E-state index in [-0.39, 0.29) is 16.9 Å². The largest absolute Gasteiger partial charge is 0.496 e. The average molecular weight is 386 g/mol. The molecule has 1 aliphatic heterocycles. The predicted octanol–water partition coefficient (Wildman–Crippen LogP) is 5.83. The van der Waals surface area contributed by atoms with E-state index in [0.29, 0.717) is 11.3 Å². The van der Waals surface area contributed by atoms with E-state index < -0.39 is 0 Å². The second-order valence-electron chi connectivity index (χ2n) is 8.55. The summed E-state index contributed by atoms with van der Waals surface area (Å²) >= 11 is 0. The number of nitrogens with zero attached hydrogens (tertiary/aromatic N) is 1. The summed E-state index contributed by atoms with van der Waals surface area (Å²) < 4.78 is 5.48. The standard InChI is InChI=1S/C26H27NO2/c1-25(2)18-26(3,19-12-6-5-7-13-19)21-15-9-10-16-22(21)27(25)24(28)20-14-8-11-17-23(20)29-4/h5-17H,18H2,1-4H3. The van der Waals surface area contributed by atoms with Crippen molar-refractivity contribution in [3.05, 3.63) is 95.6 Å². The molecule has 1 unspecified atom stereocenters. The van der Waals surface area contributed by atoms with E-state index in [2.05, 4.69) is 63.2 Å². The third kappa shape index (κ3) is 3.11. The monoisotopic (exact) mass is 385 g/mol. The molecule has 0 bridgehead atoms. The number of methoxy groups -OCH3 is 1. The Morgan fingerprint density at radius 2 is 1.48 bits per heavy atom. The van der Waals surface area contributed by atoms with Crippen molar-refractivity contribution in [1.82, 2.24) is 0 Å². The van der Waals surface area contributed by atoms with Crippen molar-refractivity contribution in [3.8, 4) is 5.75 Å². The van der Waals surface area contributed by atoms with Crippen molar-refractivity contribution in [2.75, 3.05) is 12.0 Å². The summed E-state index contributed by atoms with van der Waals surface area (Å²) in [5.41, 5.74) is 3.43. The number of fused-ring (bicyclic) bond motifs is 1. The molecule has 29 heavy (non-hydrogen) atoms. The molecule has 0 radical (unpaired) electrons. The number of carbonyl (C=O) groups is 1. The van der Waals surface area contributed by atoms with Crippen LogP contribution in [0.3, 0.4) is 0 Å². The number of hydrogen-bond donors (Lipinski definition) is 0. The van der Waals surface area contributed by atoms with Crippen LogP contribution >= 0.6 is 0 Å². The number of hydrogen-bond acceptors (Lipinski definition) is 2. The minimum Gasteiger partial charge on any atom is -0.496 e. The van der Waals surface area contributed by atoms with Gasteiger partial charge in [0.15, 0.2) is 0 Å². The Bertz CT molecular complexity index is 1040. The predicted molar refractivity (Wildman–Crippen MR) is 118 cm³/mol. The first-order valence-corrected chi connectivity index (χ1v) is 10.0. The fraction of sp³-hybridized carbons (Fsp3) is 0.269. The highest BCUT2D eigenvalue weighted by Crippen LogP contribution is 2.50. The van der Waals surface area contributed by atoms with E-state index in [9.17, 15) is 4.79 Å². The summed E-state index contributed by atoms with van der Waals surface area (Å²) in [5.74, 6) is 0.567. The Hall–Kier alpha value is -3.07. The van der Waals surface area contributed by atoms with Gasteiger partial charge in [0.05, 0.1) is 12.7 Å². The summed E-state index contributed by atoms with van der Waals surface area (Å²) in [6.45, 7) is 6.59. The zero-order valence-corrected chi connectivity index (χ0v) is 17.5. The van der Waals surface area contributed by atoms with Crippen molar-refractivity contribution in [1.29, 1.82) is 0 Å². The molecular formula is C26H27NO2. The van der Waals surface area contributed by atoms with E-state index in [1.54, 1.807) is 7.11 Å². The third-order valence-corrected chi connectivity index (χ3v) is 6.08. The first kappa shape index (κ1) is 19.3. The molecule has 148 valence electrons. The topological polar surface area (TPSA) is 29.5 Å². The highest BCUT2D eigenvalue weighted by molar-refractivity contribution is 6.09. The first-order valence-electron chi connectivity index (χ1n) is 10.0. The molecule has 1 atom stereocenters. The van der Waals surface area contributed by atoms with Gasteiger partial charge in [0.1, 0.15) is 5.75 Å². The van der Waals surface area contributed by atoms with Crippen LogP contribution in [-0.2, 0) is 5.41 Å². The van der Waals surface area contributed by atoms with Gasteiger partial charge in [-0.15, -0.1) is 0 Å². The SMILES string of the molecule is COc1ccccc1C(=O)N1c2ccccc2C(C)(c2ccccc2)CC1(C)C. The van der Waals surface area contributed by atoms with Crippen molar-refractivity contribution in [2.24, 2.45) is 0 Å². The number of benzene rings is 3. The lowest BCUT2D eigenvalue weighted by Crippen LogP contribution is -2.55. The van der Waals surface area contributed by atoms with Crippen LogP contribution in [0.15, 0.2) is 78.9 Å². The Balaban J connectivity index is 1.90. The van der Waals surface area contributed by atoms with Crippen LogP contribution in [-0.4, -0.2) is 18.6 Å². The van der Waals surface area contributed by atoms with E-state index in [1.165, 1.54) is 11.1 Å². The minimum absolute atomic E-state index is 0.0324. The van der Waals surface area contributed by atoms with Gasteiger partial charge in [0, 0.05) is 16.6 Å². The Kier molecular flexibility index (Phi) is 4.70. The number of para-hydroxylation sites is 2. The van der Waals surface area contributed by atoms with Crippen LogP contribution in [0.25, 0.3) is 0 Å². The van der Waals surface area contributed by atoms with Crippen LogP contribution in [0.5, 0.6) is 5.75 Å². The normalized spacial score (nSPS) is 20.1. The van der Waals surface area contributed by atoms with E-state index in [0.717, 1.165) is 12.1 Å². The van der Waals surface area contributed by atoms with Gasteiger partial charge in [0.2, 0.25) is 0 Å². The smallest absolute Gasteiger partial charge is 0.262 e. The molecule has 3 heteroatoms. The summed E-state index contributed by atoms with van der Waals surface area (Å²) in [7, 11) is 1.61. The molecule has 0 saturated heterocycles. The third-order valence-electron chi connectivity index (χ3n) is 6.08. The van der Waals surface area contributed by atoms with Gasteiger partial charge in [-0.3, -0.25) is 4.79 Å². The lowest BCUT2D eigenvalue weighted by atomic mass is 9.65. The Morgan fingerprint density at radius 3 is 2.21 bits per heavy atom. The molecule has 3 nitrogen and oxygen atoms in total. The van der Waals surface area contributed by atoms with Gasteiger partial charge in [-0.1, -0.05) is 67.6 Å².